The lowest BCUT2D eigenvalue weighted by atomic mass is 10.0. The Kier molecular flexibility index (Phi) is 7.48. The molecule has 0 aromatic heterocycles. The van der Waals surface area contributed by atoms with Crippen LogP contribution in [-0.4, -0.2) is 18.6 Å². The standard InChI is InChI=1S/C11H23NO2/c1-4-6-7-10(5-2)8-14-11(13)9(3)12/h9-10H,4-8,12H2,1-3H3/t9-,10?/m0/s1. The Balaban J connectivity index is 3.66. The summed E-state index contributed by atoms with van der Waals surface area (Å²) in [6, 6.07) is -0.501. The lowest BCUT2D eigenvalue weighted by molar-refractivity contribution is -0.146. The fourth-order valence-electron chi connectivity index (χ4n) is 1.23. The van der Waals surface area contributed by atoms with E-state index in [-0.39, 0.29) is 5.97 Å². The average molecular weight is 201 g/mol. The lowest BCUT2D eigenvalue weighted by Gasteiger charge is -2.15. The average Bonchev–Trinajstić information content (AvgIpc) is 2.17. The number of esters is 1. The summed E-state index contributed by atoms with van der Waals surface area (Å²) in [5.74, 6) is 0.206. The third kappa shape index (κ3) is 5.97. The first-order chi connectivity index (χ1) is 6.61. The maximum atomic E-state index is 11.1. The van der Waals surface area contributed by atoms with E-state index < -0.39 is 6.04 Å². The van der Waals surface area contributed by atoms with Crippen molar-refractivity contribution in [3.63, 3.8) is 0 Å². The normalized spacial score (nSPS) is 14.9. The Hall–Kier alpha value is -0.570. The molecule has 0 fully saturated rings. The van der Waals surface area contributed by atoms with Crippen molar-refractivity contribution in [1.82, 2.24) is 0 Å². The molecule has 3 heteroatoms. The number of hydrogen-bond donors (Lipinski definition) is 1. The predicted molar refractivity (Wildman–Crippen MR) is 57.9 cm³/mol. The highest BCUT2D eigenvalue weighted by molar-refractivity contribution is 5.74. The zero-order valence-electron chi connectivity index (χ0n) is 9.58. The van der Waals surface area contributed by atoms with Crippen molar-refractivity contribution in [3.05, 3.63) is 0 Å². The van der Waals surface area contributed by atoms with Crippen LogP contribution in [0.1, 0.15) is 46.5 Å². The molecule has 14 heavy (non-hydrogen) atoms. The molecule has 0 rings (SSSR count). The summed E-state index contributed by atoms with van der Waals surface area (Å²) in [4.78, 5) is 11.1. The molecule has 0 radical (unpaired) electrons. The van der Waals surface area contributed by atoms with E-state index in [0.29, 0.717) is 12.5 Å². The minimum Gasteiger partial charge on any atom is -0.464 e. The Morgan fingerprint density at radius 2 is 2.07 bits per heavy atom. The Labute approximate surface area is 87.0 Å². The van der Waals surface area contributed by atoms with Gasteiger partial charge in [0.15, 0.2) is 0 Å². The van der Waals surface area contributed by atoms with E-state index in [2.05, 4.69) is 13.8 Å². The molecular formula is C11H23NO2. The molecule has 0 heterocycles. The Morgan fingerprint density at radius 1 is 1.43 bits per heavy atom. The van der Waals surface area contributed by atoms with Gasteiger partial charge in [-0.05, 0) is 19.3 Å². The second kappa shape index (κ2) is 7.80. The first-order valence-corrected chi connectivity index (χ1v) is 5.54. The van der Waals surface area contributed by atoms with Crippen molar-refractivity contribution >= 4 is 5.97 Å². The lowest BCUT2D eigenvalue weighted by Crippen LogP contribution is -2.30. The molecule has 0 amide bonds. The van der Waals surface area contributed by atoms with Gasteiger partial charge in [0, 0.05) is 0 Å². The first-order valence-electron chi connectivity index (χ1n) is 5.54. The fourth-order valence-corrected chi connectivity index (χ4v) is 1.23. The molecule has 2 N–H and O–H groups in total. The van der Waals surface area contributed by atoms with Gasteiger partial charge < -0.3 is 10.5 Å². The quantitative estimate of drug-likeness (QED) is 0.642. The largest absolute Gasteiger partial charge is 0.464 e. The molecule has 0 aliphatic carbocycles. The van der Waals surface area contributed by atoms with Crippen LogP contribution < -0.4 is 5.73 Å². The molecule has 0 spiro atoms. The van der Waals surface area contributed by atoms with Crippen molar-refractivity contribution in [3.8, 4) is 0 Å². The summed E-state index contributed by atoms with van der Waals surface area (Å²) in [5, 5.41) is 0. The molecule has 0 aromatic carbocycles. The summed E-state index contributed by atoms with van der Waals surface area (Å²) >= 11 is 0. The van der Waals surface area contributed by atoms with E-state index in [1.165, 1.54) is 12.8 Å². The van der Waals surface area contributed by atoms with Gasteiger partial charge in [-0.3, -0.25) is 4.79 Å². The Morgan fingerprint density at radius 3 is 2.50 bits per heavy atom. The van der Waals surface area contributed by atoms with Crippen LogP contribution in [0.5, 0.6) is 0 Å². The third-order valence-corrected chi connectivity index (χ3v) is 2.38. The smallest absolute Gasteiger partial charge is 0.322 e. The summed E-state index contributed by atoms with van der Waals surface area (Å²) in [5.41, 5.74) is 5.39. The van der Waals surface area contributed by atoms with E-state index in [1.807, 2.05) is 0 Å². The van der Waals surface area contributed by atoms with Crippen LogP contribution in [-0.2, 0) is 9.53 Å². The van der Waals surface area contributed by atoms with Gasteiger partial charge in [-0.15, -0.1) is 0 Å². The summed E-state index contributed by atoms with van der Waals surface area (Å²) in [6.07, 6.45) is 4.59. The second-order valence-electron chi connectivity index (χ2n) is 3.84. The van der Waals surface area contributed by atoms with E-state index in [4.69, 9.17) is 10.5 Å². The first kappa shape index (κ1) is 13.4. The van der Waals surface area contributed by atoms with Crippen LogP contribution in [0.3, 0.4) is 0 Å². The zero-order valence-corrected chi connectivity index (χ0v) is 9.58. The summed E-state index contributed by atoms with van der Waals surface area (Å²) in [7, 11) is 0. The molecule has 1 unspecified atom stereocenters. The molecule has 0 saturated heterocycles. The SMILES string of the molecule is CCCCC(CC)COC(=O)[C@H](C)N. The fraction of sp³-hybridized carbons (Fsp3) is 0.909. The minimum atomic E-state index is -0.501. The van der Waals surface area contributed by atoms with Gasteiger partial charge in [0.25, 0.3) is 0 Å². The summed E-state index contributed by atoms with van der Waals surface area (Å²) < 4.78 is 5.09. The highest BCUT2D eigenvalue weighted by Crippen LogP contribution is 2.12. The number of hydrogen-bond acceptors (Lipinski definition) is 3. The van der Waals surface area contributed by atoms with Crippen molar-refractivity contribution in [2.24, 2.45) is 11.7 Å². The molecule has 0 aliphatic heterocycles. The minimum absolute atomic E-state index is 0.292. The van der Waals surface area contributed by atoms with Crippen LogP contribution in [0.2, 0.25) is 0 Å². The molecule has 0 bridgehead atoms. The van der Waals surface area contributed by atoms with Gasteiger partial charge >= 0.3 is 5.97 Å². The van der Waals surface area contributed by atoms with E-state index in [9.17, 15) is 4.79 Å². The van der Waals surface area contributed by atoms with Crippen molar-refractivity contribution < 1.29 is 9.53 Å². The number of rotatable bonds is 7. The van der Waals surface area contributed by atoms with Gasteiger partial charge in [0.1, 0.15) is 6.04 Å². The molecule has 2 atom stereocenters. The van der Waals surface area contributed by atoms with Crippen LogP contribution in [0.25, 0.3) is 0 Å². The molecule has 0 aliphatic rings. The topological polar surface area (TPSA) is 52.3 Å². The van der Waals surface area contributed by atoms with Gasteiger partial charge in [0.05, 0.1) is 6.61 Å². The second-order valence-corrected chi connectivity index (χ2v) is 3.84. The maximum absolute atomic E-state index is 11.1. The molecule has 84 valence electrons. The highest BCUT2D eigenvalue weighted by atomic mass is 16.5. The van der Waals surface area contributed by atoms with Crippen LogP contribution in [0.15, 0.2) is 0 Å². The van der Waals surface area contributed by atoms with Gasteiger partial charge in [-0.2, -0.15) is 0 Å². The predicted octanol–water partition coefficient (Wildman–Crippen LogP) is 2.09. The molecule has 0 saturated carbocycles. The van der Waals surface area contributed by atoms with Crippen molar-refractivity contribution in [2.45, 2.75) is 52.5 Å². The van der Waals surface area contributed by atoms with E-state index in [1.54, 1.807) is 6.92 Å². The number of unbranched alkanes of at least 4 members (excludes halogenated alkanes) is 1. The van der Waals surface area contributed by atoms with Gasteiger partial charge in [0.2, 0.25) is 0 Å². The van der Waals surface area contributed by atoms with Crippen LogP contribution in [0, 0.1) is 5.92 Å². The molecule has 3 nitrogen and oxygen atoms in total. The Bertz CT molecular complexity index is 157. The van der Waals surface area contributed by atoms with E-state index >= 15 is 0 Å². The van der Waals surface area contributed by atoms with Crippen LogP contribution in [0.4, 0.5) is 0 Å². The number of ether oxygens (including phenoxy) is 1. The monoisotopic (exact) mass is 201 g/mol. The molecular weight excluding hydrogens is 178 g/mol. The van der Waals surface area contributed by atoms with Crippen LogP contribution >= 0.6 is 0 Å². The van der Waals surface area contributed by atoms with Crippen molar-refractivity contribution in [2.75, 3.05) is 6.61 Å². The van der Waals surface area contributed by atoms with E-state index in [0.717, 1.165) is 12.8 Å². The summed E-state index contributed by atoms with van der Waals surface area (Å²) in [6.45, 7) is 6.47. The third-order valence-electron chi connectivity index (χ3n) is 2.38. The zero-order chi connectivity index (χ0) is 11.0. The maximum Gasteiger partial charge on any atom is 0.322 e. The number of carbonyl (C=O) groups excluding carboxylic acids is 1. The van der Waals surface area contributed by atoms with Gasteiger partial charge in [-0.1, -0.05) is 33.1 Å². The number of nitrogens with two attached hydrogens (primary N) is 1. The molecule has 0 aromatic rings. The van der Waals surface area contributed by atoms with Gasteiger partial charge in [-0.25, -0.2) is 0 Å². The number of carbonyl (C=O) groups is 1. The highest BCUT2D eigenvalue weighted by Gasteiger charge is 2.12. The van der Waals surface area contributed by atoms with Crippen molar-refractivity contribution in [1.29, 1.82) is 0 Å².